The third-order valence-electron chi connectivity index (χ3n) is 4.08. The molecule has 0 radical (unpaired) electrons. The van der Waals surface area contributed by atoms with Crippen LogP contribution in [0, 0.1) is 0 Å². The third kappa shape index (κ3) is 3.55. The van der Waals surface area contributed by atoms with Gasteiger partial charge in [-0.3, -0.25) is 4.79 Å². The largest absolute Gasteiger partial charge is 0.507 e. The van der Waals surface area contributed by atoms with Gasteiger partial charge in [0.1, 0.15) is 5.76 Å². The molecule has 0 amide bonds. The summed E-state index contributed by atoms with van der Waals surface area (Å²) in [6.45, 7) is 2.39. The number of aliphatic hydroxyl groups excluding tert-OH is 1. The maximum absolute atomic E-state index is 12.0. The molecule has 0 unspecified atom stereocenters. The lowest BCUT2D eigenvalue weighted by molar-refractivity contribution is -0.147. The van der Waals surface area contributed by atoms with Crippen LogP contribution in [0.1, 0.15) is 30.9 Å². The molecule has 0 bridgehead atoms. The summed E-state index contributed by atoms with van der Waals surface area (Å²) < 4.78 is 10.1. The Hall–Kier alpha value is -2.05. The molecule has 1 heterocycles. The minimum atomic E-state index is -1.23. The quantitative estimate of drug-likeness (QED) is 0.479. The van der Waals surface area contributed by atoms with Crippen LogP contribution in [0.4, 0.5) is 0 Å². The van der Waals surface area contributed by atoms with Gasteiger partial charge in [-0.2, -0.15) is 0 Å². The number of benzene rings is 1. The monoisotopic (exact) mass is 354 g/mol. The van der Waals surface area contributed by atoms with E-state index in [4.69, 9.17) is 21.1 Å². The Kier molecular flexibility index (Phi) is 5.85. The van der Waals surface area contributed by atoms with E-state index in [1.165, 1.54) is 6.07 Å². The van der Waals surface area contributed by atoms with Gasteiger partial charge in [0.2, 0.25) is 0 Å². The summed E-state index contributed by atoms with van der Waals surface area (Å²) in [6, 6.07) is 4.76. The molecule has 1 aromatic rings. The normalized spacial score (nSPS) is 17.3. The Morgan fingerprint density at radius 1 is 1.33 bits per heavy atom. The third-order valence-corrected chi connectivity index (χ3v) is 4.40. The zero-order valence-corrected chi connectivity index (χ0v) is 14.0. The molecular formula is C17H19ClO6. The van der Waals surface area contributed by atoms with E-state index in [2.05, 4.69) is 0 Å². The first-order valence-electron chi connectivity index (χ1n) is 7.60. The first kappa shape index (κ1) is 18.3. The van der Waals surface area contributed by atoms with Crippen molar-refractivity contribution >= 4 is 29.3 Å². The molecule has 0 saturated carbocycles. The standard InChI is InChI=1S/C17H19ClO6/c1-2-24-14(20)10-13(19)15-11(4-3-5-12(15)18)17(16(21)22)6-8-23-9-7-17/h3-5,10,19H,2,6-9H2,1H3,(H,21,22). The van der Waals surface area contributed by atoms with E-state index in [1.807, 2.05) is 0 Å². The van der Waals surface area contributed by atoms with Gasteiger partial charge in [-0.05, 0) is 31.4 Å². The molecule has 0 aliphatic carbocycles. The Morgan fingerprint density at radius 3 is 2.58 bits per heavy atom. The first-order valence-corrected chi connectivity index (χ1v) is 7.98. The second kappa shape index (κ2) is 7.68. The van der Waals surface area contributed by atoms with Crippen molar-refractivity contribution in [3.8, 4) is 0 Å². The van der Waals surface area contributed by atoms with Gasteiger partial charge in [-0.15, -0.1) is 0 Å². The van der Waals surface area contributed by atoms with Crippen molar-refractivity contribution in [3.05, 3.63) is 40.4 Å². The number of carboxylic acid groups (broad SMARTS) is 1. The molecule has 1 aliphatic heterocycles. The van der Waals surface area contributed by atoms with E-state index in [0.29, 0.717) is 18.8 Å². The van der Waals surface area contributed by atoms with Crippen LogP contribution in [0.2, 0.25) is 5.02 Å². The van der Waals surface area contributed by atoms with E-state index in [0.717, 1.165) is 6.08 Å². The van der Waals surface area contributed by atoms with Gasteiger partial charge in [0.25, 0.3) is 0 Å². The molecule has 0 aromatic heterocycles. The van der Waals surface area contributed by atoms with Crippen LogP contribution in [0.5, 0.6) is 0 Å². The van der Waals surface area contributed by atoms with E-state index >= 15 is 0 Å². The van der Waals surface area contributed by atoms with Crippen molar-refractivity contribution in [2.24, 2.45) is 0 Å². The molecular weight excluding hydrogens is 336 g/mol. The Labute approximate surface area is 144 Å². The number of halogens is 1. The van der Waals surface area contributed by atoms with E-state index in [9.17, 15) is 19.8 Å². The Bertz CT molecular complexity index is 661. The van der Waals surface area contributed by atoms with Gasteiger partial charge in [0, 0.05) is 18.8 Å². The zero-order chi connectivity index (χ0) is 17.7. The lowest BCUT2D eigenvalue weighted by atomic mass is 9.72. The van der Waals surface area contributed by atoms with Crippen molar-refractivity contribution in [2.45, 2.75) is 25.2 Å². The van der Waals surface area contributed by atoms with Gasteiger partial charge in [0.05, 0.1) is 23.1 Å². The predicted octanol–water partition coefficient (Wildman–Crippen LogP) is 2.93. The van der Waals surface area contributed by atoms with Gasteiger partial charge >= 0.3 is 11.9 Å². The fourth-order valence-corrected chi connectivity index (χ4v) is 3.14. The predicted molar refractivity (Wildman–Crippen MR) is 88.1 cm³/mol. The van der Waals surface area contributed by atoms with Crippen molar-refractivity contribution < 1.29 is 29.3 Å². The highest BCUT2D eigenvalue weighted by molar-refractivity contribution is 6.32. The number of esters is 1. The molecule has 24 heavy (non-hydrogen) atoms. The van der Waals surface area contributed by atoms with E-state index in [-0.39, 0.29) is 30.0 Å². The van der Waals surface area contributed by atoms with Gasteiger partial charge in [-0.25, -0.2) is 4.79 Å². The highest BCUT2D eigenvalue weighted by atomic mass is 35.5. The molecule has 2 rings (SSSR count). The molecule has 130 valence electrons. The van der Waals surface area contributed by atoms with Gasteiger partial charge in [0.15, 0.2) is 0 Å². The molecule has 6 nitrogen and oxygen atoms in total. The maximum Gasteiger partial charge on any atom is 0.334 e. The summed E-state index contributed by atoms with van der Waals surface area (Å²) in [4.78, 5) is 23.6. The number of hydrogen-bond donors (Lipinski definition) is 2. The topological polar surface area (TPSA) is 93.1 Å². The molecule has 0 spiro atoms. The number of carbonyl (C=O) groups is 2. The summed E-state index contributed by atoms with van der Waals surface area (Å²) in [5.41, 5.74) is -0.727. The Morgan fingerprint density at radius 2 is 2.00 bits per heavy atom. The van der Waals surface area contributed by atoms with Crippen LogP contribution >= 0.6 is 11.6 Å². The average molecular weight is 355 g/mol. The second-order valence-corrected chi connectivity index (χ2v) is 5.85. The summed E-state index contributed by atoms with van der Waals surface area (Å²) >= 11 is 6.19. The molecule has 1 saturated heterocycles. The number of carboxylic acids is 1. The van der Waals surface area contributed by atoms with Crippen LogP contribution in [-0.4, -0.2) is 42.0 Å². The lowest BCUT2D eigenvalue weighted by Gasteiger charge is -2.35. The lowest BCUT2D eigenvalue weighted by Crippen LogP contribution is -2.42. The minimum Gasteiger partial charge on any atom is -0.507 e. The van der Waals surface area contributed by atoms with Crippen molar-refractivity contribution in [2.75, 3.05) is 19.8 Å². The van der Waals surface area contributed by atoms with Crippen molar-refractivity contribution in [1.29, 1.82) is 0 Å². The highest BCUT2D eigenvalue weighted by Gasteiger charge is 2.44. The average Bonchev–Trinajstić information content (AvgIpc) is 2.55. The molecule has 1 fully saturated rings. The van der Waals surface area contributed by atoms with Crippen LogP contribution in [0.25, 0.3) is 5.76 Å². The van der Waals surface area contributed by atoms with Crippen molar-refractivity contribution in [1.82, 2.24) is 0 Å². The number of rotatable bonds is 5. The molecule has 1 aliphatic rings. The number of aliphatic carboxylic acids is 1. The number of hydrogen-bond acceptors (Lipinski definition) is 5. The summed E-state index contributed by atoms with van der Waals surface area (Å²) in [7, 11) is 0. The van der Waals surface area contributed by atoms with Crippen LogP contribution < -0.4 is 0 Å². The van der Waals surface area contributed by atoms with Crippen molar-refractivity contribution in [3.63, 3.8) is 0 Å². The first-order chi connectivity index (χ1) is 11.4. The summed E-state index contributed by atoms with van der Waals surface area (Å²) in [5, 5.41) is 20.3. The SMILES string of the molecule is CCOC(=O)C=C(O)c1c(Cl)cccc1C1(C(=O)O)CCOCC1. The van der Waals surface area contributed by atoms with E-state index in [1.54, 1.807) is 19.1 Å². The second-order valence-electron chi connectivity index (χ2n) is 5.44. The zero-order valence-electron chi connectivity index (χ0n) is 13.3. The number of aliphatic hydroxyl groups is 1. The number of ether oxygens (including phenoxy) is 2. The minimum absolute atomic E-state index is 0.136. The molecule has 1 aromatic carbocycles. The molecule has 0 atom stereocenters. The smallest absolute Gasteiger partial charge is 0.334 e. The fraction of sp³-hybridized carbons (Fsp3) is 0.412. The summed E-state index contributed by atoms with van der Waals surface area (Å²) in [5.74, 6) is -2.16. The highest BCUT2D eigenvalue weighted by Crippen LogP contribution is 2.41. The maximum atomic E-state index is 12.0. The molecule has 7 heteroatoms. The number of carbonyl (C=O) groups excluding carboxylic acids is 1. The van der Waals surface area contributed by atoms with Crippen LogP contribution in [-0.2, 0) is 24.5 Å². The van der Waals surface area contributed by atoms with Crippen LogP contribution in [0.3, 0.4) is 0 Å². The molecule has 2 N–H and O–H groups in total. The van der Waals surface area contributed by atoms with Gasteiger partial charge < -0.3 is 19.7 Å². The Balaban J connectivity index is 2.57. The van der Waals surface area contributed by atoms with E-state index < -0.39 is 23.1 Å². The van der Waals surface area contributed by atoms with Gasteiger partial charge in [-0.1, -0.05) is 23.7 Å². The van der Waals surface area contributed by atoms with Crippen LogP contribution in [0.15, 0.2) is 24.3 Å². The fourth-order valence-electron chi connectivity index (χ4n) is 2.87. The summed E-state index contributed by atoms with van der Waals surface area (Å²) in [6.07, 6.45) is 1.41.